The van der Waals surface area contributed by atoms with Crippen LogP contribution in [-0.2, 0) is 0 Å². The SMILES string of the molecule is Cc1cccc(Cl)c1NC(=O)c1cnc(NN)c(Cl)c1. The van der Waals surface area contributed by atoms with Crippen LogP contribution in [0.5, 0.6) is 0 Å². The summed E-state index contributed by atoms with van der Waals surface area (Å²) in [7, 11) is 0. The molecule has 5 nitrogen and oxygen atoms in total. The highest BCUT2D eigenvalue weighted by atomic mass is 35.5. The van der Waals surface area contributed by atoms with Gasteiger partial charge in [-0.15, -0.1) is 0 Å². The predicted octanol–water partition coefficient (Wildman–Crippen LogP) is 3.23. The number of para-hydroxylation sites is 1. The first-order valence-electron chi connectivity index (χ1n) is 5.71. The molecule has 0 bridgehead atoms. The lowest BCUT2D eigenvalue weighted by Gasteiger charge is -2.10. The van der Waals surface area contributed by atoms with E-state index < -0.39 is 0 Å². The van der Waals surface area contributed by atoms with Crippen LogP contribution >= 0.6 is 23.2 Å². The largest absolute Gasteiger partial charge is 0.320 e. The van der Waals surface area contributed by atoms with Crippen LogP contribution in [0.2, 0.25) is 10.0 Å². The van der Waals surface area contributed by atoms with E-state index in [0.29, 0.717) is 22.1 Å². The van der Waals surface area contributed by atoms with Gasteiger partial charge in [0, 0.05) is 6.20 Å². The number of nitrogens with one attached hydrogen (secondary N) is 2. The number of carbonyl (C=O) groups is 1. The minimum Gasteiger partial charge on any atom is -0.320 e. The van der Waals surface area contributed by atoms with Crippen LogP contribution < -0.4 is 16.6 Å². The Morgan fingerprint density at radius 2 is 2.05 bits per heavy atom. The van der Waals surface area contributed by atoms with Crippen molar-refractivity contribution >= 4 is 40.6 Å². The molecule has 0 aliphatic carbocycles. The molecule has 1 aromatic heterocycles. The number of carbonyl (C=O) groups excluding carboxylic acids is 1. The fraction of sp³-hybridized carbons (Fsp3) is 0.0769. The topological polar surface area (TPSA) is 80.0 Å². The normalized spacial score (nSPS) is 10.2. The zero-order valence-corrected chi connectivity index (χ0v) is 12.1. The summed E-state index contributed by atoms with van der Waals surface area (Å²) in [5, 5.41) is 3.47. The van der Waals surface area contributed by atoms with Gasteiger partial charge in [0.05, 0.1) is 21.3 Å². The molecular formula is C13H12Cl2N4O. The standard InChI is InChI=1S/C13H12Cl2N4O/c1-7-3-2-4-9(14)11(7)18-13(20)8-5-10(15)12(19-16)17-6-8/h2-6H,16H2,1H3,(H,17,19)(H,18,20). The highest BCUT2D eigenvalue weighted by Crippen LogP contribution is 2.26. The lowest BCUT2D eigenvalue weighted by Crippen LogP contribution is -2.15. The van der Waals surface area contributed by atoms with Gasteiger partial charge in [-0.1, -0.05) is 35.3 Å². The smallest absolute Gasteiger partial charge is 0.257 e. The van der Waals surface area contributed by atoms with Crippen molar-refractivity contribution in [2.45, 2.75) is 6.92 Å². The Kier molecular flexibility index (Phi) is 4.44. The Labute approximate surface area is 126 Å². The second-order valence-corrected chi connectivity index (χ2v) is 4.90. The number of nitrogens with two attached hydrogens (primary N) is 1. The minimum atomic E-state index is -0.348. The number of benzene rings is 1. The van der Waals surface area contributed by atoms with Crippen LogP contribution in [0.15, 0.2) is 30.5 Å². The highest BCUT2D eigenvalue weighted by Gasteiger charge is 2.12. The maximum Gasteiger partial charge on any atom is 0.257 e. The molecule has 0 unspecified atom stereocenters. The summed E-state index contributed by atoms with van der Waals surface area (Å²) in [6.45, 7) is 1.86. The van der Waals surface area contributed by atoms with Crippen LogP contribution in [-0.4, -0.2) is 10.9 Å². The number of hydrazine groups is 1. The minimum absolute atomic E-state index is 0.260. The highest BCUT2D eigenvalue weighted by molar-refractivity contribution is 6.34. The van der Waals surface area contributed by atoms with Gasteiger partial charge in [0.15, 0.2) is 5.82 Å². The summed E-state index contributed by atoms with van der Waals surface area (Å²) >= 11 is 12.0. The Morgan fingerprint density at radius 3 is 2.65 bits per heavy atom. The first-order valence-corrected chi connectivity index (χ1v) is 6.47. The van der Waals surface area contributed by atoms with E-state index in [1.165, 1.54) is 12.3 Å². The van der Waals surface area contributed by atoms with Gasteiger partial charge in [0.25, 0.3) is 5.91 Å². The molecule has 0 saturated carbocycles. The van der Waals surface area contributed by atoms with Gasteiger partial charge in [0.2, 0.25) is 0 Å². The quantitative estimate of drug-likeness (QED) is 0.600. The van der Waals surface area contributed by atoms with E-state index in [2.05, 4.69) is 15.7 Å². The number of halogens is 2. The van der Waals surface area contributed by atoms with E-state index in [1.54, 1.807) is 6.07 Å². The van der Waals surface area contributed by atoms with Gasteiger partial charge < -0.3 is 10.7 Å². The molecule has 1 amide bonds. The fourth-order valence-corrected chi connectivity index (χ4v) is 2.13. The number of amides is 1. The third kappa shape index (κ3) is 3.01. The molecule has 7 heteroatoms. The van der Waals surface area contributed by atoms with Gasteiger partial charge in [0.1, 0.15) is 0 Å². The van der Waals surface area contributed by atoms with Crippen molar-refractivity contribution in [1.29, 1.82) is 0 Å². The third-order valence-corrected chi connectivity index (χ3v) is 3.30. The van der Waals surface area contributed by atoms with Crippen molar-refractivity contribution in [3.8, 4) is 0 Å². The molecule has 4 N–H and O–H groups in total. The molecule has 2 rings (SSSR count). The molecule has 1 aromatic carbocycles. The van der Waals surface area contributed by atoms with Crippen molar-refractivity contribution in [3.63, 3.8) is 0 Å². The van der Waals surface area contributed by atoms with E-state index in [1.807, 2.05) is 19.1 Å². The molecule has 0 saturated heterocycles. The molecule has 0 spiro atoms. The Morgan fingerprint density at radius 1 is 1.30 bits per heavy atom. The number of hydrogen-bond acceptors (Lipinski definition) is 4. The first kappa shape index (κ1) is 14.6. The predicted molar refractivity (Wildman–Crippen MR) is 81.2 cm³/mol. The molecule has 20 heavy (non-hydrogen) atoms. The molecule has 0 atom stereocenters. The number of anilines is 2. The monoisotopic (exact) mass is 310 g/mol. The summed E-state index contributed by atoms with van der Waals surface area (Å²) in [6, 6.07) is 6.85. The molecule has 104 valence electrons. The molecule has 0 aliphatic rings. The van der Waals surface area contributed by atoms with E-state index in [9.17, 15) is 4.79 Å². The number of rotatable bonds is 3. The van der Waals surface area contributed by atoms with Gasteiger partial charge in [-0.2, -0.15) is 0 Å². The molecular weight excluding hydrogens is 299 g/mol. The maximum atomic E-state index is 12.2. The molecule has 0 radical (unpaired) electrons. The average molecular weight is 311 g/mol. The lowest BCUT2D eigenvalue weighted by molar-refractivity contribution is 0.102. The fourth-order valence-electron chi connectivity index (χ4n) is 1.64. The second-order valence-electron chi connectivity index (χ2n) is 4.08. The number of hydrogen-bond donors (Lipinski definition) is 3. The summed E-state index contributed by atoms with van der Waals surface area (Å²) in [4.78, 5) is 16.1. The van der Waals surface area contributed by atoms with Crippen LogP contribution in [0.1, 0.15) is 15.9 Å². The Hall–Kier alpha value is -1.82. The molecule has 2 aromatic rings. The van der Waals surface area contributed by atoms with Crippen LogP contribution in [0.25, 0.3) is 0 Å². The number of pyridine rings is 1. The number of nitrogens with zero attached hydrogens (tertiary/aromatic N) is 1. The van der Waals surface area contributed by atoms with Gasteiger partial charge in [-0.05, 0) is 24.6 Å². The van der Waals surface area contributed by atoms with E-state index in [0.717, 1.165) is 5.56 Å². The van der Waals surface area contributed by atoms with Crippen LogP contribution in [0.4, 0.5) is 11.5 Å². The Bertz CT molecular complexity index is 641. The maximum absolute atomic E-state index is 12.2. The number of nitrogen functional groups attached to an aromatic ring is 1. The van der Waals surface area contributed by atoms with Gasteiger partial charge in [-0.25, -0.2) is 10.8 Å². The van der Waals surface area contributed by atoms with Crippen molar-refractivity contribution in [1.82, 2.24) is 4.98 Å². The Balaban J connectivity index is 2.26. The average Bonchev–Trinajstić information content (AvgIpc) is 2.42. The van der Waals surface area contributed by atoms with Crippen LogP contribution in [0, 0.1) is 6.92 Å². The summed E-state index contributed by atoms with van der Waals surface area (Å²) < 4.78 is 0. The zero-order valence-electron chi connectivity index (χ0n) is 10.6. The van der Waals surface area contributed by atoms with Gasteiger partial charge in [-0.3, -0.25) is 4.79 Å². The summed E-state index contributed by atoms with van der Waals surface area (Å²) in [5.74, 6) is 5.18. The number of aromatic nitrogens is 1. The lowest BCUT2D eigenvalue weighted by atomic mass is 10.2. The molecule has 1 heterocycles. The van der Waals surface area contributed by atoms with E-state index in [4.69, 9.17) is 29.0 Å². The third-order valence-electron chi connectivity index (χ3n) is 2.70. The summed E-state index contributed by atoms with van der Waals surface area (Å²) in [6.07, 6.45) is 1.38. The van der Waals surface area contributed by atoms with Crippen molar-refractivity contribution in [2.75, 3.05) is 10.7 Å². The zero-order chi connectivity index (χ0) is 14.7. The van der Waals surface area contributed by atoms with Crippen molar-refractivity contribution < 1.29 is 4.79 Å². The summed E-state index contributed by atoms with van der Waals surface area (Å²) in [5.41, 5.74) is 4.08. The number of aryl methyl sites for hydroxylation is 1. The van der Waals surface area contributed by atoms with E-state index in [-0.39, 0.29) is 10.9 Å². The molecule has 0 aliphatic heterocycles. The van der Waals surface area contributed by atoms with Crippen molar-refractivity contribution in [3.05, 3.63) is 51.6 Å². The molecule has 0 fully saturated rings. The first-order chi connectivity index (χ1) is 9.52. The van der Waals surface area contributed by atoms with Crippen LogP contribution in [0.3, 0.4) is 0 Å². The van der Waals surface area contributed by atoms with E-state index >= 15 is 0 Å². The van der Waals surface area contributed by atoms with Gasteiger partial charge >= 0.3 is 0 Å². The van der Waals surface area contributed by atoms with Crippen molar-refractivity contribution in [2.24, 2.45) is 5.84 Å². The second kappa shape index (κ2) is 6.09.